The SMILES string of the molecule is O=C(O)C1CCN(c2ccc(C(O)NC3CCC(O)CC3)cc2)CC1. The highest BCUT2D eigenvalue weighted by atomic mass is 16.4. The molecule has 1 saturated carbocycles. The summed E-state index contributed by atoms with van der Waals surface area (Å²) in [5.41, 5.74) is 1.90. The summed E-state index contributed by atoms with van der Waals surface area (Å²) in [6.45, 7) is 1.50. The van der Waals surface area contributed by atoms with Gasteiger partial charge in [-0.3, -0.25) is 10.1 Å². The van der Waals surface area contributed by atoms with Crippen molar-refractivity contribution < 1.29 is 20.1 Å². The monoisotopic (exact) mass is 348 g/mol. The van der Waals surface area contributed by atoms with Crippen molar-refractivity contribution in [3.63, 3.8) is 0 Å². The maximum Gasteiger partial charge on any atom is 0.306 e. The zero-order chi connectivity index (χ0) is 17.8. The molecule has 1 heterocycles. The van der Waals surface area contributed by atoms with Crippen molar-refractivity contribution in [3.05, 3.63) is 29.8 Å². The Balaban J connectivity index is 1.52. The van der Waals surface area contributed by atoms with Gasteiger partial charge in [-0.25, -0.2) is 0 Å². The fraction of sp³-hybridized carbons (Fsp3) is 0.632. The standard InChI is InChI=1S/C19H28N2O4/c22-17-7-3-15(4-8-17)20-18(23)13-1-5-16(6-2-13)21-11-9-14(10-12-21)19(24)25/h1-2,5-6,14-15,17-18,20,22-23H,3-4,7-12H2,(H,24,25). The second kappa shape index (κ2) is 8.17. The summed E-state index contributed by atoms with van der Waals surface area (Å²) < 4.78 is 0. The van der Waals surface area contributed by atoms with Gasteiger partial charge in [-0.15, -0.1) is 0 Å². The van der Waals surface area contributed by atoms with E-state index in [1.54, 1.807) is 0 Å². The van der Waals surface area contributed by atoms with E-state index < -0.39 is 12.2 Å². The van der Waals surface area contributed by atoms with Gasteiger partial charge < -0.3 is 20.2 Å². The molecule has 3 rings (SSSR count). The first-order chi connectivity index (χ1) is 12.0. The number of carbonyl (C=O) groups is 1. The summed E-state index contributed by atoms with van der Waals surface area (Å²) in [6.07, 6.45) is 3.80. The predicted octanol–water partition coefficient (Wildman–Crippen LogP) is 1.87. The molecular formula is C19H28N2O4. The number of nitrogens with zero attached hydrogens (tertiary/aromatic N) is 1. The molecule has 2 aliphatic rings. The molecule has 1 unspecified atom stereocenters. The Bertz CT molecular complexity index is 561. The number of carboxylic acids is 1. The number of carboxylic acid groups (broad SMARTS) is 1. The zero-order valence-electron chi connectivity index (χ0n) is 14.5. The van der Waals surface area contributed by atoms with E-state index in [0.717, 1.165) is 50.0 Å². The molecule has 1 saturated heterocycles. The third kappa shape index (κ3) is 4.71. The summed E-state index contributed by atoms with van der Waals surface area (Å²) in [6, 6.07) is 8.08. The van der Waals surface area contributed by atoms with Crippen LogP contribution in [0.25, 0.3) is 0 Å². The van der Waals surface area contributed by atoms with E-state index >= 15 is 0 Å². The average Bonchev–Trinajstić information content (AvgIpc) is 2.64. The lowest BCUT2D eigenvalue weighted by Gasteiger charge is -2.32. The normalized spacial score (nSPS) is 26.4. The van der Waals surface area contributed by atoms with Crippen molar-refractivity contribution >= 4 is 11.7 Å². The molecule has 0 bridgehead atoms. The number of rotatable bonds is 5. The lowest BCUT2D eigenvalue weighted by atomic mass is 9.93. The number of anilines is 1. The lowest BCUT2D eigenvalue weighted by Crippen LogP contribution is -2.37. The Kier molecular flexibility index (Phi) is 5.93. The van der Waals surface area contributed by atoms with Gasteiger partial charge in [0.25, 0.3) is 0 Å². The number of piperidine rings is 1. The first-order valence-electron chi connectivity index (χ1n) is 9.23. The molecule has 2 fully saturated rings. The first-order valence-corrected chi connectivity index (χ1v) is 9.23. The van der Waals surface area contributed by atoms with Gasteiger partial charge in [0.05, 0.1) is 12.0 Å². The third-order valence-electron chi connectivity index (χ3n) is 5.51. The van der Waals surface area contributed by atoms with E-state index in [4.69, 9.17) is 5.11 Å². The number of hydrogen-bond donors (Lipinski definition) is 4. The van der Waals surface area contributed by atoms with Crippen molar-refractivity contribution in [2.75, 3.05) is 18.0 Å². The topological polar surface area (TPSA) is 93.0 Å². The summed E-state index contributed by atoms with van der Waals surface area (Å²) in [5, 5.41) is 32.2. The minimum Gasteiger partial charge on any atom is -0.481 e. The van der Waals surface area contributed by atoms with Gasteiger partial charge in [-0.1, -0.05) is 12.1 Å². The third-order valence-corrected chi connectivity index (χ3v) is 5.51. The van der Waals surface area contributed by atoms with Gasteiger partial charge in [0, 0.05) is 24.8 Å². The first kappa shape index (κ1) is 18.2. The summed E-state index contributed by atoms with van der Waals surface area (Å²) in [5.74, 6) is -0.921. The highest BCUT2D eigenvalue weighted by molar-refractivity contribution is 5.70. The molecule has 6 nitrogen and oxygen atoms in total. The van der Waals surface area contributed by atoms with Crippen LogP contribution in [0.5, 0.6) is 0 Å². The molecule has 0 spiro atoms. The fourth-order valence-electron chi connectivity index (χ4n) is 3.81. The molecule has 0 amide bonds. The van der Waals surface area contributed by atoms with Crippen LogP contribution in [0.2, 0.25) is 0 Å². The van der Waals surface area contributed by atoms with Crippen LogP contribution in [0.4, 0.5) is 5.69 Å². The molecule has 1 aliphatic heterocycles. The molecule has 1 aromatic rings. The van der Waals surface area contributed by atoms with Crippen molar-refractivity contribution in [1.82, 2.24) is 5.32 Å². The van der Waals surface area contributed by atoms with Gasteiger partial charge in [0.1, 0.15) is 6.23 Å². The van der Waals surface area contributed by atoms with Crippen LogP contribution >= 0.6 is 0 Å². The summed E-state index contributed by atoms with van der Waals surface area (Å²) >= 11 is 0. The van der Waals surface area contributed by atoms with Gasteiger partial charge in [-0.2, -0.15) is 0 Å². The van der Waals surface area contributed by atoms with Crippen LogP contribution in [0.15, 0.2) is 24.3 Å². The van der Waals surface area contributed by atoms with E-state index in [0.29, 0.717) is 12.8 Å². The number of nitrogens with one attached hydrogen (secondary N) is 1. The number of benzene rings is 1. The van der Waals surface area contributed by atoms with E-state index in [1.165, 1.54) is 0 Å². The fourth-order valence-corrected chi connectivity index (χ4v) is 3.81. The van der Waals surface area contributed by atoms with Crippen molar-refractivity contribution in [2.24, 2.45) is 5.92 Å². The Labute approximate surface area is 148 Å². The van der Waals surface area contributed by atoms with Crippen molar-refractivity contribution in [2.45, 2.75) is 56.9 Å². The highest BCUT2D eigenvalue weighted by Gasteiger charge is 2.25. The van der Waals surface area contributed by atoms with Gasteiger partial charge in [-0.05, 0) is 56.2 Å². The Morgan fingerprint density at radius 1 is 1.04 bits per heavy atom. The predicted molar refractivity (Wildman–Crippen MR) is 95.4 cm³/mol. The number of aliphatic hydroxyl groups is 2. The van der Waals surface area contributed by atoms with E-state index in [1.807, 2.05) is 24.3 Å². The molecule has 138 valence electrons. The van der Waals surface area contributed by atoms with E-state index in [2.05, 4.69) is 10.2 Å². The largest absolute Gasteiger partial charge is 0.481 e. The van der Waals surface area contributed by atoms with E-state index in [-0.39, 0.29) is 18.1 Å². The van der Waals surface area contributed by atoms with Crippen molar-refractivity contribution in [1.29, 1.82) is 0 Å². The molecule has 6 heteroatoms. The van der Waals surface area contributed by atoms with Crippen LogP contribution in [0.1, 0.15) is 50.3 Å². The van der Waals surface area contributed by atoms with Crippen LogP contribution < -0.4 is 10.2 Å². The van der Waals surface area contributed by atoms with E-state index in [9.17, 15) is 15.0 Å². The van der Waals surface area contributed by atoms with Crippen molar-refractivity contribution in [3.8, 4) is 0 Å². The number of hydrogen-bond acceptors (Lipinski definition) is 5. The molecule has 25 heavy (non-hydrogen) atoms. The van der Waals surface area contributed by atoms with Gasteiger partial charge >= 0.3 is 5.97 Å². The van der Waals surface area contributed by atoms with Gasteiger partial charge in [0.15, 0.2) is 0 Å². The van der Waals surface area contributed by atoms with Gasteiger partial charge in [0.2, 0.25) is 0 Å². The Hall–Kier alpha value is -1.63. The lowest BCUT2D eigenvalue weighted by molar-refractivity contribution is -0.142. The maximum absolute atomic E-state index is 11.0. The minimum absolute atomic E-state index is 0.195. The summed E-state index contributed by atoms with van der Waals surface area (Å²) in [7, 11) is 0. The minimum atomic E-state index is -0.702. The van der Waals surface area contributed by atoms with Crippen LogP contribution in [0, 0.1) is 5.92 Å². The Morgan fingerprint density at radius 2 is 1.64 bits per heavy atom. The average molecular weight is 348 g/mol. The second-order valence-electron chi connectivity index (χ2n) is 7.27. The molecule has 0 radical (unpaired) electrons. The molecule has 4 N–H and O–H groups in total. The second-order valence-corrected chi connectivity index (χ2v) is 7.27. The maximum atomic E-state index is 11.0. The molecule has 1 aromatic carbocycles. The molecular weight excluding hydrogens is 320 g/mol. The molecule has 0 aromatic heterocycles. The number of aliphatic carboxylic acids is 1. The molecule has 1 atom stereocenters. The summed E-state index contributed by atoms with van der Waals surface area (Å²) in [4.78, 5) is 13.2. The zero-order valence-corrected chi connectivity index (χ0v) is 14.5. The Morgan fingerprint density at radius 3 is 2.20 bits per heavy atom. The highest BCUT2D eigenvalue weighted by Crippen LogP contribution is 2.26. The number of aliphatic hydroxyl groups excluding tert-OH is 2. The smallest absolute Gasteiger partial charge is 0.306 e. The quantitative estimate of drug-likeness (QED) is 0.607. The van der Waals surface area contributed by atoms with Crippen LogP contribution in [0.3, 0.4) is 0 Å². The van der Waals surface area contributed by atoms with Crippen LogP contribution in [-0.2, 0) is 4.79 Å². The van der Waals surface area contributed by atoms with Crippen LogP contribution in [-0.4, -0.2) is 46.5 Å². The molecule has 1 aliphatic carbocycles.